The third-order valence-corrected chi connectivity index (χ3v) is 2.66. The maximum absolute atomic E-state index is 12.2. The van der Waals surface area contributed by atoms with Gasteiger partial charge in [-0.05, 0) is 6.07 Å². The van der Waals surface area contributed by atoms with Crippen molar-refractivity contribution in [1.82, 2.24) is 4.98 Å². The van der Waals surface area contributed by atoms with Gasteiger partial charge in [0.05, 0.1) is 10.6 Å². The summed E-state index contributed by atoms with van der Waals surface area (Å²) in [6, 6.07) is 3.70. The molecular formula is C11H5ClF3NO3. The molecule has 8 heteroatoms. The van der Waals surface area contributed by atoms with Crippen LogP contribution in [0.1, 0.15) is 10.4 Å². The molecule has 0 saturated carbocycles. The Balaban J connectivity index is 2.65. The van der Waals surface area contributed by atoms with Gasteiger partial charge in [0, 0.05) is 11.6 Å². The number of carbonyl (C=O) groups is 1. The molecule has 0 aliphatic heterocycles. The normalized spacial score (nSPS) is 11.6. The van der Waals surface area contributed by atoms with E-state index in [1.165, 1.54) is 12.1 Å². The highest BCUT2D eigenvalue weighted by molar-refractivity contribution is 6.38. The Morgan fingerprint density at radius 3 is 2.63 bits per heavy atom. The van der Waals surface area contributed by atoms with Gasteiger partial charge in [0.1, 0.15) is 5.52 Å². The molecule has 1 heterocycles. The van der Waals surface area contributed by atoms with Crippen LogP contribution in [0.4, 0.5) is 13.2 Å². The van der Waals surface area contributed by atoms with Gasteiger partial charge >= 0.3 is 12.3 Å². The quantitative estimate of drug-likeness (QED) is 0.920. The van der Waals surface area contributed by atoms with E-state index < -0.39 is 18.1 Å². The van der Waals surface area contributed by atoms with Crippen LogP contribution in [0, 0.1) is 0 Å². The van der Waals surface area contributed by atoms with Crippen LogP contribution in [0.15, 0.2) is 24.4 Å². The second-order valence-electron chi connectivity index (χ2n) is 3.49. The Kier molecular flexibility index (Phi) is 3.23. The zero-order valence-electron chi connectivity index (χ0n) is 9.03. The van der Waals surface area contributed by atoms with Crippen molar-refractivity contribution in [3.05, 3.63) is 35.0 Å². The first-order valence-corrected chi connectivity index (χ1v) is 5.23. The number of halogens is 4. The number of para-hydroxylation sites is 1. The summed E-state index contributed by atoms with van der Waals surface area (Å²) in [5.74, 6) is -1.86. The molecule has 100 valence electrons. The number of rotatable bonds is 2. The lowest BCUT2D eigenvalue weighted by Crippen LogP contribution is -2.17. The molecule has 2 aromatic rings. The maximum atomic E-state index is 12.2. The predicted octanol–water partition coefficient (Wildman–Crippen LogP) is 3.49. The highest BCUT2D eigenvalue weighted by Gasteiger charge is 2.32. The van der Waals surface area contributed by atoms with Gasteiger partial charge in [0.15, 0.2) is 5.75 Å². The summed E-state index contributed by atoms with van der Waals surface area (Å²) in [4.78, 5) is 14.5. The van der Waals surface area contributed by atoms with E-state index >= 15 is 0 Å². The minimum Gasteiger partial charge on any atom is -0.478 e. The summed E-state index contributed by atoms with van der Waals surface area (Å²) in [5, 5.41) is 8.73. The number of hydrogen-bond donors (Lipinski definition) is 1. The smallest absolute Gasteiger partial charge is 0.478 e. The minimum atomic E-state index is -4.87. The van der Waals surface area contributed by atoms with E-state index in [9.17, 15) is 18.0 Å². The van der Waals surface area contributed by atoms with Gasteiger partial charge in [-0.25, -0.2) is 4.79 Å². The summed E-state index contributed by atoms with van der Waals surface area (Å²) < 4.78 is 40.4. The van der Waals surface area contributed by atoms with E-state index in [1.54, 1.807) is 0 Å². The molecule has 1 aromatic heterocycles. The van der Waals surface area contributed by atoms with E-state index in [4.69, 9.17) is 16.7 Å². The molecule has 1 N–H and O–H groups in total. The zero-order chi connectivity index (χ0) is 14.2. The SMILES string of the molecule is O=C(O)c1cnc2c(OC(F)(F)F)cccc2c1Cl. The number of hydrogen-bond acceptors (Lipinski definition) is 3. The first-order chi connectivity index (χ1) is 8.79. The fourth-order valence-corrected chi connectivity index (χ4v) is 1.80. The van der Waals surface area contributed by atoms with Gasteiger partial charge < -0.3 is 9.84 Å². The summed E-state index contributed by atoms with van der Waals surface area (Å²) in [7, 11) is 0. The number of benzene rings is 1. The highest BCUT2D eigenvalue weighted by Crippen LogP contribution is 2.33. The Hall–Kier alpha value is -2.02. The molecular weight excluding hydrogens is 287 g/mol. The second-order valence-corrected chi connectivity index (χ2v) is 3.87. The summed E-state index contributed by atoms with van der Waals surface area (Å²) in [5.41, 5.74) is -0.451. The number of ether oxygens (including phenoxy) is 1. The fraction of sp³-hybridized carbons (Fsp3) is 0.0909. The molecule has 0 spiro atoms. The van der Waals surface area contributed by atoms with Crippen molar-refractivity contribution in [3.63, 3.8) is 0 Å². The average molecular weight is 292 g/mol. The van der Waals surface area contributed by atoms with Crippen LogP contribution >= 0.6 is 11.6 Å². The topological polar surface area (TPSA) is 59.4 Å². The van der Waals surface area contributed by atoms with Crippen LogP contribution in [-0.2, 0) is 0 Å². The largest absolute Gasteiger partial charge is 0.573 e. The predicted molar refractivity (Wildman–Crippen MR) is 60.4 cm³/mol. The Bertz CT molecular complexity index is 657. The summed E-state index contributed by atoms with van der Waals surface area (Å²) in [6.45, 7) is 0. The Morgan fingerprint density at radius 2 is 2.05 bits per heavy atom. The molecule has 0 fully saturated rings. The molecule has 0 unspecified atom stereocenters. The highest BCUT2D eigenvalue weighted by atomic mass is 35.5. The maximum Gasteiger partial charge on any atom is 0.573 e. The molecule has 0 saturated heterocycles. The zero-order valence-corrected chi connectivity index (χ0v) is 9.79. The molecule has 2 rings (SSSR count). The second kappa shape index (κ2) is 4.58. The van der Waals surface area contributed by atoms with Gasteiger partial charge in [-0.15, -0.1) is 13.2 Å². The fourth-order valence-electron chi connectivity index (χ4n) is 1.52. The van der Waals surface area contributed by atoms with Crippen molar-refractivity contribution in [1.29, 1.82) is 0 Å². The van der Waals surface area contributed by atoms with Gasteiger partial charge in [-0.3, -0.25) is 4.98 Å². The van der Waals surface area contributed by atoms with Crippen LogP contribution in [-0.4, -0.2) is 22.4 Å². The standard InChI is InChI=1S/C11H5ClF3NO3/c12-8-5-2-1-3-7(19-11(13,14)15)9(5)16-4-6(8)10(17)18/h1-4H,(H,17,18). The minimum absolute atomic E-state index is 0.0725. The monoisotopic (exact) mass is 291 g/mol. The number of aromatic carboxylic acids is 1. The van der Waals surface area contributed by atoms with Crippen molar-refractivity contribution in [2.45, 2.75) is 6.36 Å². The number of pyridine rings is 1. The number of alkyl halides is 3. The number of nitrogens with zero attached hydrogens (tertiary/aromatic N) is 1. The first-order valence-electron chi connectivity index (χ1n) is 4.86. The number of carboxylic acids is 1. The van der Waals surface area contributed by atoms with Crippen molar-refractivity contribution < 1.29 is 27.8 Å². The average Bonchev–Trinajstić information content (AvgIpc) is 2.28. The van der Waals surface area contributed by atoms with Crippen LogP contribution in [0.3, 0.4) is 0 Å². The van der Waals surface area contributed by atoms with Gasteiger partial charge in [0.25, 0.3) is 0 Å². The number of fused-ring (bicyclic) bond motifs is 1. The van der Waals surface area contributed by atoms with Crippen LogP contribution in [0.5, 0.6) is 5.75 Å². The molecule has 0 amide bonds. The van der Waals surface area contributed by atoms with Gasteiger partial charge in [0.2, 0.25) is 0 Å². The van der Waals surface area contributed by atoms with Crippen molar-refractivity contribution >= 4 is 28.5 Å². The number of aromatic nitrogens is 1. The summed E-state index contributed by atoms with van der Waals surface area (Å²) >= 11 is 5.82. The molecule has 1 aromatic carbocycles. The van der Waals surface area contributed by atoms with Crippen molar-refractivity contribution in [2.24, 2.45) is 0 Å². The van der Waals surface area contributed by atoms with E-state index in [0.717, 1.165) is 12.3 Å². The molecule has 0 atom stereocenters. The molecule has 0 radical (unpaired) electrons. The van der Waals surface area contributed by atoms with Crippen LogP contribution < -0.4 is 4.74 Å². The molecule has 19 heavy (non-hydrogen) atoms. The lowest BCUT2D eigenvalue weighted by molar-refractivity contribution is -0.274. The Labute approximate surface area is 109 Å². The molecule has 0 aliphatic carbocycles. The Morgan fingerprint density at radius 1 is 1.37 bits per heavy atom. The van der Waals surface area contributed by atoms with E-state index in [1.807, 2.05) is 0 Å². The number of carboxylic acid groups (broad SMARTS) is 1. The van der Waals surface area contributed by atoms with Crippen molar-refractivity contribution in [3.8, 4) is 5.75 Å². The van der Waals surface area contributed by atoms with Gasteiger partial charge in [-0.2, -0.15) is 0 Å². The first kappa shape index (κ1) is 13.4. The summed E-state index contributed by atoms with van der Waals surface area (Å²) in [6.07, 6.45) is -3.98. The third-order valence-electron chi connectivity index (χ3n) is 2.25. The lowest BCUT2D eigenvalue weighted by Gasteiger charge is -2.11. The van der Waals surface area contributed by atoms with Crippen LogP contribution in [0.2, 0.25) is 5.02 Å². The molecule has 4 nitrogen and oxygen atoms in total. The molecule has 0 aliphatic rings. The van der Waals surface area contributed by atoms with Gasteiger partial charge in [-0.1, -0.05) is 23.7 Å². The molecule has 0 bridgehead atoms. The van der Waals surface area contributed by atoms with E-state index in [0.29, 0.717) is 0 Å². The van der Waals surface area contributed by atoms with E-state index in [2.05, 4.69) is 9.72 Å². The van der Waals surface area contributed by atoms with E-state index in [-0.39, 0.29) is 21.5 Å². The van der Waals surface area contributed by atoms with Crippen LogP contribution in [0.25, 0.3) is 10.9 Å². The van der Waals surface area contributed by atoms with Crippen molar-refractivity contribution in [2.75, 3.05) is 0 Å². The third kappa shape index (κ3) is 2.70. The lowest BCUT2D eigenvalue weighted by atomic mass is 10.1.